The van der Waals surface area contributed by atoms with E-state index in [1.54, 1.807) is 13.1 Å². The molecule has 1 aliphatic heterocycles. The minimum absolute atomic E-state index is 0.0875. The van der Waals surface area contributed by atoms with Crippen molar-refractivity contribution in [2.45, 2.75) is 65.0 Å². The molecule has 37 heavy (non-hydrogen) atoms. The van der Waals surface area contributed by atoms with Gasteiger partial charge in [0.1, 0.15) is 17.2 Å². The molecule has 0 radical (unpaired) electrons. The molecule has 0 bridgehead atoms. The molecule has 0 fully saturated rings. The quantitative estimate of drug-likeness (QED) is 0.273. The van der Waals surface area contributed by atoms with Gasteiger partial charge in [0, 0.05) is 43.6 Å². The van der Waals surface area contributed by atoms with Crippen LogP contribution in [0.3, 0.4) is 0 Å². The predicted octanol–water partition coefficient (Wildman–Crippen LogP) is 6.85. The molecule has 0 aliphatic carbocycles. The second kappa shape index (κ2) is 9.55. The van der Waals surface area contributed by atoms with Gasteiger partial charge in [-0.3, -0.25) is 9.36 Å². The Morgan fingerprint density at radius 1 is 1.19 bits per heavy atom. The van der Waals surface area contributed by atoms with Gasteiger partial charge >= 0.3 is 6.18 Å². The summed E-state index contributed by atoms with van der Waals surface area (Å²) in [5.41, 5.74) is 3.43. The highest BCUT2D eigenvalue weighted by molar-refractivity contribution is 6.32. The van der Waals surface area contributed by atoms with Gasteiger partial charge in [-0.1, -0.05) is 11.6 Å². The molecule has 0 saturated carbocycles. The van der Waals surface area contributed by atoms with E-state index in [4.69, 9.17) is 16.7 Å². The minimum Gasteiger partial charge on any atom is -0.366 e. The summed E-state index contributed by atoms with van der Waals surface area (Å²) >= 11 is 6.48. The number of aryl methyl sites for hydroxylation is 2. The van der Waals surface area contributed by atoms with Crippen molar-refractivity contribution in [2.75, 3.05) is 11.9 Å². The maximum Gasteiger partial charge on any atom is 0.434 e. The number of anilines is 1. The predicted molar refractivity (Wildman–Crippen MR) is 138 cm³/mol. The summed E-state index contributed by atoms with van der Waals surface area (Å²) in [5.74, 6) is 0.308. The van der Waals surface area contributed by atoms with Gasteiger partial charge in [-0.2, -0.15) is 23.4 Å². The molecule has 0 N–H and O–H groups in total. The Morgan fingerprint density at radius 2 is 1.92 bits per heavy atom. The second-order valence-electron chi connectivity index (χ2n) is 9.61. The SMILES string of the molecule is CCn1cc(C(F)(F)F)nc1-c1ccc(N(C)C2CCCn3nc(-c4c(Cl)cnn4C(C)C)cc32)cc1. The third-order valence-corrected chi connectivity index (χ3v) is 7.17. The molecule has 7 nitrogen and oxygen atoms in total. The van der Waals surface area contributed by atoms with E-state index in [0.717, 1.165) is 48.4 Å². The summed E-state index contributed by atoms with van der Waals surface area (Å²) in [5, 5.41) is 9.85. The lowest BCUT2D eigenvalue weighted by Gasteiger charge is -2.33. The fourth-order valence-electron chi connectivity index (χ4n) is 4.99. The van der Waals surface area contributed by atoms with Crippen molar-refractivity contribution < 1.29 is 13.2 Å². The number of halogens is 4. The van der Waals surface area contributed by atoms with Crippen LogP contribution >= 0.6 is 11.6 Å². The molecule has 4 aromatic rings. The smallest absolute Gasteiger partial charge is 0.366 e. The third kappa shape index (κ3) is 4.63. The van der Waals surface area contributed by atoms with Crippen LogP contribution in [0.15, 0.2) is 42.7 Å². The van der Waals surface area contributed by atoms with Gasteiger partial charge in [0.25, 0.3) is 0 Å². The fraction of sp³-hybridized carbons (Fsp3) is 0.423. The average Bonchev–Trinajstić information content (AvgIpc) is 3.59. The maximum atomic E-state index is 13.2. The molecule has 4 heterocycles. The first-order chi connectivity index (χ1) is 17.6. The van der Waals surface area contributed by atoms with Crippen LogP contribution in [-0.2, 0) is 19.3 Å². The summed E-state index contributed by atoms with van der Waals surface area (Å²) in [7, 11) is 2.03. The molecule has 1 aromatic carbocycles. The molecule has 11 heteroatoms. The number of rotatable bonds is 6. The molecule has 0 spiro atoms. The number of hydrogen-bond donors (Lipinski definition) is 0. The van der Waals surface area contributed by atoms with Gasteiger partial charge in [-0.05, 0) is 63.9 Å². The normalized spacial score (nSPS) is 15.9. The van der Waals surface area contributed by atoms with E-state index in [0.29, 0.717) is 23.0 Å². The lowest BCUT2D eigenvalue weighted by molar-refractivity contribution is -0.140. The number of hydrogen-bond acceptors (Lipinski definition) is 4. The van der Waals surface area contributed by atoms with Crippen LogP contribution in [0.4, 0.5) is 18.9 Å². The highest BCUT2D eigenvalue weighted by Crippen LogP contribution is 2.38. The van der Waals surface area contributed by atoms with Crippen LogP contribution < -0.4 is 4.90 Å². The maximum absolute atomic E-state index is 13.2. The standard InChI is InChI=1S/C26H29ClF3N7/c1-5-35-15-23(26(28,29)30)32-25(35)17-8-10-18(11-9-17)34(4)21-7-6-12-36-22(21)13-20(33-36)24-19(27)14-31-37(24)16(2)3/h8-11,13-16,21H,5-7,12H2,1-4H3. The zero-order valence-corrected chi connectivity index (χ0v) is 21.9. The van der Waals surface area contributed by atoms with E-state index in [1.807, 2.05) is 40.7 Å². The zero-order valence-electron chi connectivity index (χ0n) is 21.2. The Labute approximate surface area is 218 Å². The molecular formula is C26H29ClF3N7. The Hall–Kier alpha value is -3.27. The number of alkyl halides is 3. The molecule has 1 atom stereocenters. The summed E-state index contributed by atoms with van der Waals surface area (Å²) in [4.78, 5) is 6.05. The molecular weight excluding hydrogens is 503 g/mol. The molecule has 1 unspecified atom stereocenters. The fourth-order valence-corrected chi connectivity index (χ4v) is 5.22. The Kier molecular flexibility index (Phi) is 6.55. The Morgan fingerprint density at radius 3 is 2.57 bits per heavy atom. The van der Waals surface area contributed by atoms with E-state index in [-0.39, 0.29) is 12.1 Å². The van der Waals surface area contributed by atoms with Crippen LogP contribution in [-0.4, -0.2) is 36.2 Å². The summed E-state index contributed by atoms with van der Waals surface area (Å²) < 4.78 is 45.1. The summed E-state index contributed by atoms with van der Waals surface area (Å²) in [6, 6.07) is 9.84. The van der Waals surface area contributed by atoms with Crippen molar-refractivity contribution in [3.8, 4) is 22.8 Å². The first kappa shape index (κ1) is 25.4. The molecule has 3 aromatic heterocycles. The van der Waals surface area contributed by atoms with Gasteiger partial charge in [-0.25, -0.2) is 4.98 Å². The lowest BCUT2D eigenvalue weighted by atomic mass is 10.0. The second-order valence-corrected chi connectivity index (χ2v) is 10.0. The van der Waals surface area contributed by atoms with Crippen molar-refractivity contribution in [3.05, 3.63) is 59.1 Å². The van der Waals surface area contributed by atoms with Crippen molar-refractivity contribution in [1.82, 2.24) is 29.1 Å². The van der Waals surface area contributed by atoms with Gasteiger partial charge in [0.05, 0.1) is 23.0 Å². The summed E-state index contributed by atoms with van der Waals surface area (Å²) in [6.07, 6.45) is 0.174. The number of nitrogens with zero attached hydrogens (tertiary/aromatic N) is 7. The first-order valence-electron chi connectivity index (χ1n) is 12.4. The van der Waals surface area contributed by atoms with Crippen LogP contribution in [0, 0.1) is 0 Å². The average molecular weight is 532 g/mol. The van der Waals surface area contributed by atoms with Crippen LogP contribution in [0.25, 0.3) is 22.8 Å². The number of fused-ring (bicyclic) bond motifs is 1. The molecule has 1 aliphatic rings. The van der Waals surface area contributed by atoms with E-state index in [1.165, 1.54) is 4.57 Å². The van der Waals surface area contributed by atoms with Gasteiger partial charge < -0.3 is 9.47 Å². The van der Waals surface area contributed by atoms with Gasteiger partial charge in [-0.15, -0.1) is 0 Å². The monoisotopic (exact) mass is 531 g/mol. The van der Waals surface area contributed by atoms with Crippen molar-refractivity contribution in [1.29, 1.82) is 0 Å². The minimum atomic E-state index is -4.48. The molecule has 196 valence electrons. The highest BCUT2D eigenvalue weighted by atomic mass is 35.5. The van der Waals surface area contributed by atoms with Crippen molar-refractivity contribution >= 4 is 17.3 Å². The number of imidazole rings is 1. The number of aromatic nitrogens is 6. The third-order valence-electron chi connectivity index (χ3n) is 6.89. The molecule has 5 rings (SSSR count). The van der Waals surface area contributed by atoms with E-state index in [9.17, 15) is 13.2 Å². The van der Waals surface area contributed by atoms with Crippen LogP contribution in [0.5, 0.6) is 0 Å². The molecule has 0 saturated heterocycles. The first-order valence-corrected chi connectivity index (χ1v) is 12.7. The Balaban J connectivity index is 1.43. The van der Waals surface area contributed by atoms with Crippen molar-refractivity contribution in [3.63, 3.8) is 0 Å². The highest BCUT2D eigenvalue weighted by Gasteiger charge is 2.35. The van der Waals surface area contributed by atoms with Gasteiger partial charge in [0.2, 0.25) is 0 Å². The number of benzene rings is 1. The molecule has 0 amide bonds. The topological polar surface area (TPSA) is 56.7 Å². The van der Waals surface area contributed by atoms with Gasteiger partial charge in [0.15, 0.2) is 5.69 Å². The largest absolute Gasteiger partial charge is 0.434 e. The van der Waals surface area contributed by atoms with Crippen LogP contribution in [0.1, 0.15) is 57.1 Å². The Bertz CT molecular complexity index is 1400. The van der Waals surface area contributed by atoms with E-state index >= 15 is 0 Å². The van der Waals surface area contributed by atoms with E-state index in [2.05, 4.69) is 34.9 Å². The summed E-state index contributed by atoms with van der Waals surface area (Å²) in [6.45, 7) is 7.14. The van der Waals surface area contributed by atoms with Crippen molar-refractivity contribution in [2.24, 2.45) is 0 Å². The van der Waals surface area contributed by atoms with E-state index < -0.39 is 11.9 Å². The lowest BCUT2D eigenvalue weighted by Crippen LogP contribution is -2.29. The zero-order chi connectivity index (χ0) is 26.5. The van der Waals surface area contributed by atoms with Crippen LogP contribution in [0.2, 0.25) is 5.02 Å².